The highest BCUT2D eigenvalue weighted by Gasteiger charge is 2.13. The van der Waals surface area contributed by atoms with Gasteiger partial charge >= 0.3 is 0 Å². The summed E-state index contributed by atoms with van der Waals surface area (Å²) in [7, 11) is 0. The summed E-state index contributed by atoms with van der Waals surface area (Å²) in [5, 5.41) is 6.24. The summed E-state index contributed by atoms with van der Waals surface area (Å²) >= 11 is 0. The zero-order chi connectivity index (χ0) is 19.3. The van der Waals surface area contributed by atoms with E-state index in [0.29, 0.717) is 18.7 Å². The molecule has 0 spiro atoms. The molecule has 0 saturated heterocycles. The molecule has 0 radical (unpaired) electrons. The number of pyridine rings is 1. The van der Waals surface area contributed by atoms with Crippen LogP contribution < -0.4 is 20.1 Å². The van der Waals surface area contributed by atoms with E-state index in [1.807, 2.05) is 49.4 Å². The van der Waals surface area contributed by atoms with Crippen molar-refractivity contribution in [2.45, 2.75) is 20.0 Å². The standard InChI is InChI=1S/C22H21N3O3/c1-15-4-2-3-5-17(15)12-25-22(26)18-9-19(13-23-11-18)24-10-16-6-7-20-21(8-16)28-14-27-20/h2-9,11,13,24H,10,12,14H2,1H3,(H,25,26). The van der Waals surface area contributed by atoms with Crippen LogP contribution >= 0.6 is 0 Å². The Morgan fingerprint density at radius 2 is 1.89 bits per heavy atom. The molecule has 4 rings (SSSR count). The van der Waals surface area contributed by atoms with Gasteiger partial charge < -0.3 is 20.1 Å². The molecule has 0 unspecified atom stereocenters. The number of aromatic nitrogens is 1. The first-order chi connectivity index (χ1) is 13.7. The quantitative estimate of drug-likeness (QED) is 0.688. The van der Waals surface area contributed by atoms with E-state index in [0.717, 1.165) is 33.9 Å². The van der Waals surface area contributed by atoms with Gasteiger partial charge in [-0.1, -0.05) is 30.3 Å². The molecule has 1 aliphatic heterocycles. The topological polar surface area (TPSA) is 72.5 Å². The van der Waals surface area contributed by atoms with Crippen molar-refractivity contribution in [2.24, 2.45) is 0 Å². The van der Waals surface area contributed by atoms with Crippen molar-refractivity contribution in [1.29, 1.82) is 0 Å². The Bertz CT molecular complexity index is 1000. The number of hydrogen-bond donors (Lipinski definition) is 2. The molecular weight excluding hydrogens is 354 g/mol. The fourth-order valence-electron chi connectivity index (χ4n) is 3.00. The number of hydrogen-bond acceptors (Lipinski definition) is 5. The summed E-state index contributed by atoms with van der Waals surface area (Å²) < 4.78 is 10.7. The molecule has 142 valence electrons. The second kappa shape index (κ2) is 8.00. The number of anilines is 1. The van der Waals surface area contributed by atoms with Gasteiger partial charge in [0.25, 0.3) is 5.91 Å². The summed E-state index contributed by atoms with van der Waals surface area (Å²) in [6, 6.07) is 15.6. The number of amides is 1. The number of carbonyl (C=O) groups excluding carboxylic acids is 1. The lowest BCUT2D eigenvalue weighted by atomic mass is 10.1. The average Bonchev–Trinajstić information content (AvgIpc) is 3.19. The number of carbonyl (C=O) groups is 1. The second-order valence-electron chi connectivity index (χ2n) is 6.61. The second-order valence-corrected chi connectivity index (χ2v) is 6.61. The van der Waals surface area contributed by atoms with Gasteiger partial charge in [-0.05, 0) is 41.8 Å². The minimum absolute atomic E-state index is 0.150. The van der Waals surface area contributed by atoms with E-state index < -0.39 is 0 Å². The van der Waals surface area contributed by atoms with Gasteiger partial charge in [-0.2, -0.15) is 0 Å². The predicted octanol–water partition coefficient (Wildman–Crippen LogP) is 3.66. The van der Waals surface area contributed by atoms with E-state index in [9.17, 15) is 4.79 Å². The van der Waals surface area contributed by atoms with Crippen LogP contribution in [0.5, 0.6) is 11.5 Å². The van der Waals surface area contributed by atoms with E-state index in [2.05, 4.69) is 15.6 Å². The van der Waals surface area contributed by atoms with Crippen LogP contribution in [-0.2, 0) is 13.1 Å². The lowest BCUT2D eigenvalue weighted by Gasteiger charge is -2.10. The molecule has 3 aromatic rings. The van der Waals surface area contributed by atoms with Gasteiger partial charge in [-0.15, -0.1) is 0 Å². The molecule has 2 heterocycles. The molecule has 6 heteroatoms. The van der Waals surface area contributed by atoms with Gasteiger partial charge in [0.1, 0.15) is 0 Å². The lowest BCUT2D eigenvalue weighted by molar-refractivity contribution is 0.0950. The maximum absolute atomic E-state index is 12.5. The summed E-state index contributed by atoms with van der Waals surface area (Å²) in [6.07, 6.45) is 3.27. The van der Waals surface area contributed by atoms with Gasteiger partial charge in [-0.3, -0.25) is 9.78 Å². The highest BCUT2D eigenvalue weighted by atomic mass is 16.7. The molecule has 2 aromatic carbocycles. The minimum Gasteiger partial charge on any atom is -0.454 e. The van der Waals surface area contributed by atoms with E-state index in [4.69, 9.17) is 9.47 Å². The Kier molecular flexibility index (Phi) is 5.10. The first-order valence-electron chi connectivity index (χ1n) is 9.09. The van der Waals surface area contributed by atoms with Crippen molar-refractivity contribution in [3.05, 3.63) is 83.2 Å². The number of fused-ring (bicyclic) bond motifs is 1. The molecule has 0 aliphatic carbocycles. The monoisotopic (exact) mass is 375 g/mol. The Hall–Kier alpha value is -3.54. The van der Waals surface area contributed by atoms with Crippen molar-refractivity contribution >= 4 is 11.6 Å². The molecule has 2 N–H and O–H groups in total. The normalized spacial score (nSPS) is 11.9. The molecule has 0 atom stereocenters. The summed E-state index contributed by atoms with van der Waals surface area (Å²) in [5.74, 6) is 1.36. The Labute approximate surface area is 163 Å². The molecule has 0 fully saturated rings. The third kappa shape index (κ3) is 4.06. The Morgan fingerprint density at radius 1 is 1.04 bits per heavy atom. The van der Waals surface area contributed by atoms with Crippen LogP contribution in [-0.4, -0.2) is 17.7 Å². The van der Waals surface area contributed by atoms with Gasteiger partial charge in [0.2, 0.25) is 6.79 Å². The molecular formula is C22H21N3O3. The first-order valence-corrected chi connectivity index (χ1v) is 9.09. The number of ether oxygens (including phenoxy) is 2. The fraction of sp³-hybridized carbons (Fsp3) is 0.182. The van der Waals surface area contributed by atoms with Crippen LogP contribution in [0.15, 0.2) is 60.9 Å². The van der Waals surface area contributed by atoms with Gasteiger partial charge in [0, 0.05) is 25.5 Å². The molecule has 28 heavy (non-hydrogen) atoms. The maximum atomic E-state index is 12.5. The number of aryl methyl sites for hydroxylation is 1. The molecule has 6 nitrogen and oxygen atoms in total. The maximum Gasteiger partial charge on any atom is 0.253 e. The van der Waals surface area contributed by atoms with Crippen molar-refractivity contribution < 1.29 is 14.3 Å². The number of rotatable bonds is 6. The zero-order valence-corrected chi connectivity index (χ0v) is 15.6. The van der Waals surface area contributed by atoms with Crippen LogP contribution in [0.1, 0.15) is 27.0 Å². The Balaban J connectivity index is 1.37. The van der Waals surface area contributed by atoms with Crippen molar-refractivity contribution in [3.8, 4) is 11.5 Å². The summed E-state index contributed by atoms with van der Waals surface area (Å²) in [6.45, 7) is 3.37. The average molecular weight is 375 g/mol. The number of nitrogens with one attached hydrogen (secondary N) is 2. The summed E-state index contributed by atoms with van der Waals surface area (Å²) in [4.78, 5) is 16.7. The van der Waals surface area contributed by atoms with E-state index in [1.54, 1.807) is 18.5 Å². The molecule has 1 aliphatic rings. The number of benzene rings is 2. The molecule has 1 amide bonds. The fourth-order valence-corrected chi connectivity index (χ4v) is 3.00. The van der Waals surface area contributed by atoms with Gasteiger partial charge in [0.05, 0.1) is 11.3 Å². The van der Waals surface area contributed by atoms with Crippen molar-refractivity contribution in [1.82, 2.24) is 10.3 Å². The largest absolute Gasteiger partial charge is 0.454 e. The van der Waals surface area contributed by atoms with Crippen LogP contribution in [0.2, 0.25) is 0 Å². The highest BCUT2D eigenvalue weighted by Crippen LogP contribution is 2.32. The zero-order valence-electron chi connectivity index (χ0n) is 15.6. The van der Waals surface area contributed by atoms with Crippen molar-refractivity contribution in [3.63, 3.8) is 0 Å². The van der Waals surface area contributed by atoms with Crippen LogP contribution in [0.4, 0.5) is 5.69 Å². The number of nitrogens with zero attached hydrogens (tertiary/aromatic N) is 1. The molecule has 0 saturated carbocycles. The van der Waals surface area contributed by atoms with E-state index >= 15 is 0 Å². The molecule has 1 aromatic heterocycles. The Morgan fingerprint density at radius 3 is 2.79 bits per heavy atom. The van der Waals surface area contributed by atoms with E-state index in [1.165, 1.54) is 0 Å². The van der Waals surface area contributed by atoms with Gasteiger partial charge in [-0.25, -0.2) is 0 Å². The van der Waals surface area contributed by atoms with Crippen molar-refractivity contribution in [2.75, 3.05) is 12.1 Å². The van der Waals surface area contributed by atoms with Gasteiger partial charge in [0.15, 0.2) is 11.5 Å². The summed E-state index contributed by atoms with van der Waals surface area (Å²) in [5.41, 5.74) is 4.60. The van der Waals surface area contributed by atoms with Crippen LogP contribution in [0, 0.1) is 6.92 Å². The minimum atomic E-state index is -0.150. The third-order valence-corrected chi connectivity index (χ3v) is 4.63. The lowest BCUT2D eigenvalue weighted by Crippen LogP contribution is -2.23. The van der Waals surface area contributed by atoms with Crippen LogP contribution in [0.25, 0.3) is 0 Å². The highest BCUT2D eigenvalue weighted by molar-refractivity contribution is 5.94. The first kappa shape index (κ1) is 17.9. The molecule has 0 bridgehead atoms. The van der Waals surface area contributed by atoms with Crippen LogP contribution in [0.3, 0.4) is 0 Å². The predicted molar refractivity (Wildman–Crippen MR) is 106 cm³/mol. The van der Waals surface area contributed by atoms with E-state index in [-0.39, 0.29) is 12.7 Å². The SMILES string of the molecule is Cc1ccccc1CNC(=O)c1cncc(NCc2ccc3c(c2)OCO3)c1. The smallest absolute Gasteiger partial charge is 0.253 e. The third-order valence-electron chi connectivity index (χ3n) is 4.63.